The van der Waals surface area contributed by atoms with Crippen molar-refractivity contribution in [2.24, 2.45) is 0 Å². The number of H-pyrrole nitrogens is 2. The molecule has 8 heteroatoms. The lowest BCUT2D eigenvalue weighted by molar-refractivity contribution is -0.121. The Hall–Kier alpha value is -1.57. The summed E-state index contributed by atoms with van der Waals surface area (Å²) in [5.74, 6) is -0.0678. The molecule has 0 radical (unpaired) electrons. The average Bonchev–Trinajstić information content (AvgIpc) is 2.47. The maximum atomic E-state index is 12.3. The fourth-order valence-corrected chi connectivity index (χ4v) is 3.28. The number of hydrogen-bond acceptors (Lipinski definition) is 5. The van der Waals surface area contributed by atoms with Crippen LogP contribution in [0.2, 0.25) is 0 Å². The van der Waals surface area contributed by atoms with E-state index in [0.29, 0.717) is 6.42 Å². The van der Waals surface area contributed by atoms with Crippen molar-refractivity contribution >= 4 is 17.7 Å². The smallest absolute Gasteiger partial charge is 0.342 e. The third-order valence-electron chi connectivity index (χ3n) is 3.55. The molecule has 0 spiro atoms. The van der Waals surface area contributed by atoms with Crippen LogP contribution in [-0.2, 0) is 4.79 Å². The van der Waals surface area contributed by atoms with Gasteiger partial charge in [0.25, 0.3) is 5.56 Å². The van der Waals surface area contributed by atoms with Crippen LogP contribution >= 0.6 is 11.8 Å². The molecular weight excluding hydrogens is 292 g/mol. The molecule has 1 aliphatic rings. The SMILES string of the molecule is CCC(Sc1n[nH]c(=O)[nH]c1=O)C(=O)NC1CCCCC1. The second-order valence-corrected chi connectivity index (χ2v) is 6.36. The maximum Gasteiger partial charge on any atom is 0.342 e. The van der Waals surface area contributed by atoms with Gasteiger partial charge in [-0.1, -0.05) is 37.9 Å². The Kier molecular flexibility index (Phi) is 5.60. The quantitative estimate of drug-likeness (QED) is 0.696. The lowest BCUT2D eigenvalue weighted by atomic mass is 9.95. The highest BCUT2D eigenvalue weighted by Gasteiger charge is 2.23. The number of amides is 1. The van der Waals surface area contributed by atoms with Gasteiger partial charge in [0.05, 0.1) is 5.25 Å². The molecular formula is C13H20N4O3S. The Morgan fingerprint density at radius 1 is 1.38 bits per heavy atom. The van der Waals surface area contributed by atoms with Gasteiger partial charge < -0.3 is 5.32 Å². The Morgan fingerprint density at radius 3 is 2.71 bits per heavy atom. The van der Waals surface area contributed by atoms with Crippen molar-refractivity contribution in [3.63, 3.8) is 0 Å². The molecule has 1 unspecified atom stereocenters. The van der Waals surface area contributed by atoms with Gasteiger partial charge >= 0.3 is 5.69 Å². The third-order valence-corrected chi connectivity index (χ3v) is 4.88. The van der Waals surface area contributed by atoms with Gasteiger partial charge in [-0.05, 0) is 19.3 Å². The van der Waals surface area contributed by atoms with Crippen LogP contribution in [0.15, 0.2) is 14.6 Å². The molecule has 0 aliphatic heterocycles. The van der Waals surface area contributed by atoms with Gasteiger partial charge in [0.1, 0.15) is 0 Å². The molecule has 1 aromatic rings. The summed E-state index contributed by atoms with van der Waals surface area (Å²) in [4.78, 5) is 36.9. The number of hydrogen-bond donors (Lipinski definition) is 3. The van der Waals surface area contributed by atoms with Crippen molar-refractivity contribution in [3.8, 4) is 0 Å². The van der Waals surface area contributed by atoms with Gasteiger partial charge in [0.15, 0.2) is 5.03 Å². The lowest BCUT2D eigenvalue weighted by Crippen LogP contribution is -2.41. The second kappa shape index (κ2) is 7.44. The van der Waals surface area contributed by atoms with Gasteiger partial charge in [-0.3, -0.25) is 14.6 Å². The number of carbonyl (C=O) groups is 1. The molecule has 1 heterocycles. The molecule has 7 nitrogen and oxygen atoms in total. The standard InChI is InChI=1S/C13H20N4O3S/c1-2-9(10(18)14-8-6-4-3-5-7-8)21-12-11(19)15-13(20)17-16-12/h8-9H,2-7H2,1H3,(H,14,18)(H2,15,17,19,20). The summed E-state index contributed by atoms with van der Waals surface area (Å²) in [5.41, 5.74) is -1.21. The summed E-state index contributed by atoms with van der Waals surface area (Å²) in [6.07, 6.45) is 6.15. The Bertz CT molecular complexity index is 592. The highest BCUT2D eigenvalue weighted by atomic mass is 32.2. The molecule has 21 heavy (non-hydrogen) atoms. The van der Waals surface area contributed by atoms with Crippen LogP contribution in [0, 0.1) is 0 Å². The number of aromatic amines is 2. The number of carbonyl (C=O) groups excluding carboxylic acids is 1. The van der Waals surface area contributed by atoms with E-state index >= 15 is 0 Å². The topological polar surface area (TPSA) is 108 Å². The Labute approximate surface area is 126 Å². The van der Waals surface area contributed by atoms with E-state index in [1.165, 1.54) is 6.42 Å². The molecule has 1 fully saturated rings. The van der Waals surface area contributed by atoms with Crippen LogP contribution < -0.4 is 16.6 Å². The first-order valence-corrected chi connectivity index (χ1v) is 8.14. The summed E-state index contributed by atoms with van der Waals surface area (Å²) < 4.78 is 0. The van der Waals surface area contributed by atoms with Crippen LogP contribution in [0.1, 0.15) is 45.4 Å². The van der Waals surface area contributed by atoms with Crippen LogP contribution in [0.5, 0.6) is 0 Å². The van der Waals surface area contributed by atoms with Crippen LogP contribution in [0.25, 0.3) is 0 Å². The summed E-state index contributed by atoms with van der Waals surface area (Å²) in [7, 11) is 0. The van der Waals surface area contributed by atoms with Crippen molar-refractivity contribution < 1.29 is 4.79 Å². The summed E-state index contributed by atoms with van der Waals surface area (Å²) in [6, 6.07) is 0.239. The maximum absolute atomic E-state index is 12.3. The minimum absolute atomic E-state index is 0.0678. The van der Waals surface area contributed by atoms with E-state index in [9.17, 15) is 14.4 Å². The average molecular weight is 312 g/mol. The molecule has 116 valence electrons. The number of nitrogens with zero attached hydrogens (tertiary/aromatic N) is 1. The molecule has 2 rings (SSSR count). The minimum Gasteiger partial charge on any atom is -0.352 e. The fraction of sp³-hybridized carbons (Fsp3) is 0.692. The molecule has 1 aliphatic carbocycles. The molecule has 1 aromatic heterocycles. The fourth-order valence-electron chi connectivity index (χ4n) is 2.41. The van der Waals surface area contributed by atoms with E-state index in [0.717, 1.165) is 37.4 Å². The summed E-state index contributed by atoms with van der Waals surface area (Å²) >= 11 is 1.08. The predicted octanol–water partition coefficient (Wildman–Crippen LogP) is 0.778. The third kappa shape index (κ3) is 4.45. The summed E-state index contributed by atoms with van der Waals surface area (Å²) in [5, 5.41) is 8.65. The normalized spacial score (nSPS) is 17.4. The van der Waals surface area contributed by atoms with Crippen molar-refractivity contribution in [2.45, 2.75) is 61.8 Å². The molecule has 0 aromatic carbocycles. The molecule has 0 bridgehead atoms. The number of thioether (sulfide) groups is 1. The number of aromatic nitrogens is 3. The predicted molar refractivity (Wildman–Crippen MR) is 80.4 cm³/mol. The molecule has 1 atom stereocenters. The summed E-state index contributed by atoms with van der Waals surface area (Å²) in [6.45, 7) is 1.89. The van der Waals surface area contributed by atoms with Crippen LogP contribution in [0.3, 0.4) is 0 Å². The highest BCUT2D eigenvalue weighted by Crippen LogP contribution is 2.22. The second-order valence-electron chi connectivity index (χ2n) is 5.17. The van der Waals surface area contributed by atoms with E-state index in [4.69, 9.17) is 0 Å². The largest absolute Gasteiger partial charge is 0.352 e. The van der Waals surface area contributed by atoms with Crippen molar-refractivity contribution in [3.05, 3.63) is 20.8 Å². The Morgan fingerprint density at radius 2 is 2.10 bits per heavy atom. The van der Waals surface area contributed by atoms with Crippen LogP contribution in [0.4, 0.5) is 0 Å². The first-order chi connectivity index (χ1) is 10.1. The van der Waals surface area contributed by atoms with Crippen LogP contribution in [-0.4, -0.2) is 32.4 Å². The van der Waals surface area contributed by atoms with Gasteiger partial charge in [-0.2, -0.15) is 5.10 Å². The van der Waals surface area contributed by atoms with Gasteiger partial charge in [-0.15, -0.1) is 0 Å². The molecule has 1 amide bonds. The zero-order chi connectivity index (χ0) is 15.2. The van der Waals surface area contributed by atoms with Crippen molar-refractivity contribution in [2.75, 3.05) is 0 Å². The zero-order valence-electron chi connectivity index (χ0n) is 12.0. The van der Waals surface area contributed by atoms with Gasteiger partial charge in [0.2, 0.25) is 5.91 Å². The van der Waals surface area contributed by atoms with E-state index in [2.05, 4.69) is 20.5 Å². The lowest BCUT2D eigenvalue weighted by Gasteiger charge is -2.24. The van der Waals surface area contributed by atoms with Gasteiger partial charge in [-0.25, -0.2) is 9.89 Å². The molecule has 1 saturated carbocycles. The molecule has 0 saturated heterocycles. The first-order valence-electron chi connectivity index (χ1n) is 7.26. The minimum atomic E-state index is -0.649. The van der Waals surface area contributed by atoms with E-state index in [1.54, 1.807) is 0 Å². The molecule has 3 N–H and O–H groups in total. The number of nitrogens with one attached hydrogen (secondary N) is 3. The first kappa shape index (κ1) is 15.8. The van der Waals surface area contributed by atoms with Gasteiger partial charge in [0, 0.05) is 6.04 Å². The zero-order valence-corrected chi connectivity index (χ0v) is 12.8. The highest BCUT2D eigenvalue weighted by molar-refractivity contribution is 8.00. The Balaban J connectivity index is 1.99. The van der Waals surface area contributed by atoms with E-state index < -0.39 is 11.2 Å². The van der Waals surface area contributed by atoms with E-state index in [-0.39, 0.29) is 22.2 Å². The number of rotatable bonds is 5. The van der Waals surface area contributed by atoms with Crippen molar-refractivity contribution in [1.82, 2.24) is 20.5 Å². The van der Waals surface area contributed by atoms with Crippen molar-refractivity contribution in [1.29, 1.82) is 0 Å². The van der Waals surface area contributed by atoms with E-state index in [1.807, 2.05) is 6.92 Å². The monoisotopic (exact) mass is 312 g/mol.